The van der Waals surface area contributed by atoms with Crippen molar-refractivity contribution in [2.75, 3.05) is 18.1 Å². The minimum absolute atomic E-state index is 0.0137. The second-order valence-electron chi connectivity index (χ2n) is 7.73. The quantitative estimate of drug-likeness (QED) is 0.223. The lowest BCUT2D eigenvalue weighted by molar-refractivity contribution is -0.150. The minimum atomic E-state index is -1.22. The zero-order chi connectivity index (χ0) is 25.8. The topological polar surface area (TPSA) is 185 Å². The molecule has 0 aliphatic carbocycles. The number of aromatic nitrogens is 2. The van der Waals surface area contributed by atoms with E-state index in [1.54, 1.807) is 18.2 Å². The van der Waals surface area contributed by atoms with Gasteiger partial charge in [-0.05, 0) is 11.6 Å². The average Bonchev–Trinajstić information content (AvgIpc) is 3.29. The van der Waals surface area contributed by atoms with Crippen LogP contribution in [0, 0.1) is 0 Å². The number of hydrogen-bond donors (Lipinski definition) is 4. The summed E-state index contributed by atoms with van der Waals surface area (Å²) in [7, 11) is 0. The Balaban J connectivity index is 1.37. The molecule has 190 valence electrons. The first-order valence-electron chi connectivity index (χ1n) is 10.5. The van der Waals surface area contributed by atoms with Crippen LogP contribution in [0.25, 0.3) is 0 Å². The third-order valence-electron chi connectivity index (χ3n) is 5.20. The zero-order valence-electron chi connectivity index (χ0n) is 18.6. The van der Waals surface area contributed by atoms with Gasteiger partial charge in [-0.25, -0.2) is 4.79 Å². The number of nitrogens with zero attached hydrogens (tertiary/aromatic N) is 3. The number of amides is 3. The second kappa shape index (κ2) is 11.3. The molecule has 2 aliphatic heterocycles. The Kier molecular flexibility index (Phi) is 8.13. The Morgan fingerprint density at radius 2 is 2.06 bits per heavy atom. The fourth-order valence-electron chi connectivity index (χ4n) is 3.59. The summed E-state index contributed by atoms with van der Waals surface area (Å²) >= 11 is 3.90. The van der Waals surface area contributed by atoms with Crippen molar-refractivity contribution in [3.8, 4) is 5.75 Å². The number of para-hydroxylation sites is 1. The van der Waals surface area contributed by atoms with E-state index in [2.05, 4.69) is 15.5 Å². The van der Waals surface area contributed by atoms with Crippen LogP contribution in [0.5, 0.6) is 5.75 Å². The fourth-order valence-corrected chi connectivity index (χ4v) is 6.91. The molecule has 36 heavy (non-hydrogen) atoms. The predicted octanol–water partition coefficient (Wildman–Crippen LogP) is 0.319. The van der Waals surface area contributed by atoms with Gasteiger partial charge in [-0.2, -0.15) is 0 Å². The van der Waals surface area contributed by atoms with Gasteiger partial charge in [-0.1, -0.05) is 41.3 Å². The number of carbonyl (C=O) groups is 4. The minimum Gasteiger partial charge on any atom is -0.508 e. The molecular formula is C21H21N5O7S3. The third-order valence-corrected chi connectivity index (χ3v) is 8.65. The van der Waals surface area contributed by atoms with E-state index in [-0.39, 0.29) is 36.8 Å². The number of carbonyl (C=O) groups excluding carboxylic acids is 3. The van der Waals surface area contributed by atoms with Gasteiger partial charge in [0.05, 0.1) is 6.42 Å². The summed E-state index contributed by atoms with van der Waals surface area (Å²) in [4.78, 5) is 49.2. The van der Waals surface area contributed by atoms with Crippen LogP contribution in [0.1, 0.15) is 10.6 Å². The number of phenols is 1. The highest BCUT2D eigenvalue weighted by Crippen LogP contribution is 2.41. The molecule has 2 atom stereocenters. The number of thioether (sulfide) groups is 2. The molecule has 0 saturated carbocycles. The maximum atomic E-state index is 12.8. The number of aliphatic carboxylic acids is 1. The van der Waals surface area contributed by atoms with Crippen molar-refractivity contribution in [1.29, 1.82) is 0 Å². The molecule has 1 fully saturated rings. The van der Waals surface area contributed by atoms with Crippen molar-refractivity contribution in [2.24, 2.45) is 5.73 Å². The molecule has 4 rings (SSSR count). The lowest BCUT2D eigenvalue weighted by Crippen LogP contribution is -2.70. The van der Waals surface area contributed by atoms with Crippen LogP contribution in [0.15, 0.2) is 39.9 Å². The third kappa shape index (κ3) is 5.80. The largest absolute Gasteiger partial charge is 0.508 e. The molecule has 1 unspecified atom stereocenters. The number of rotatable bonds is 11. The first-order valence-corrected chi connectivity index (χ1v) is 13.4. The van der Waals surface area contributed by atoms with E-state index in [0.29, 0.717) is 26.2 Å². The van der Waals surface area contributed by atoms with Gasteiger partial charge in [0, 0.05) is 17.1 Å². The number of benzene rings is 1. The van der Waals surface area contributed by atoms with Crippen molar-refractivity contribution < 1.29 is 34.1 Å². The molecule has 3 heterocycles. The predicted molar refractivity (Wildman–Crippen MR) is 131 cm³/mol. The Bertz CT molecular complexity index is 1230. The van der Waals surface area contributed by atoms with Crippen LogP contribution in [-0.4, -0.2) is 78.5 Å². The number of carboxylic acid groups (broad SMARTS) is 1. The summed E-state index contributed by atoms with van der Waals surface area (Å²) in [5.41, 5.74) is 5.92. The molecule has 12 nitrogen and oxygen atoms in total. The number of aromatic hydroxyl groups is 1. The lowest BCUT2D eigenvalue weighted by atomic mass is 10.0. The van der Waals surface area contributed by atoms with Gasteiger partial charge >= 0.3 is 5.97 Å². The van der Waals surface area contributed by atoms with Crippen LogP contribution < -0.4 is 11.1 Å². The van der Waals surface area contributed by atoms with Gasteiger partial charge in [0.25, 0.3) is 5.91 Å². The highest BCUT2D eigenvalue weighted by atomic mass is 32.2. The monoisotopic (exact) mass is 551 g/mol. The van der Waals surface area contributed by atoms with E-state index < -0.39 is 35.1 Å². The molecule has 2 aliphatic rings. The number of nitrogens with two attached hydrogens (primary N) is 1. The lowest BCUT2D eigenvalue weighted by Gasteiger charge is -2.49. The van der Waals surface area contributed by atoms with Crippen LogP contribution in [0.2, 0.25) is 0 Å². The average molecular weight is 552 g/mol. The van der Waals surface area contributed by atoms with E-state index in [1.165, 1.54) is 45.8 Å². The zero-order valence-corrected chi connectivity index (χ0v) is 21.0. The van der Waals surface area contributed by atoms with Crippen LogP contribution in [0.4, 0.5) is 0 Å². The summed E-state index contributed by atoms with van der Waals surface area (Å²) < 4.78 is 5.69. The number of phenolic OH excluding ortho intramolecular Hbond substituents is 1. The van der Waals surface area contributed by atoms with Crippen LogP contribution in [-0.2, 0) is 36.9 Å². The van der Waals surface area contributed by atoms with Crippen molar-refractivity contribution in [2.45, 2.75) is 28.8 Å². The van der Waals surface area contributed by atoms with Crippen molar-refractivity contribution in [3.05, 3.63) is 46.1 Å². The van der Waals surface area contributed by atoms with Crippen LogP contribution >= 0.6 is 34.9 Å². The van der Waals surface area contributed by atoms with Crippen molar-refractivity contribution in [1.82, 2.24) is 20.4 Å². The maximum Gasteiger partial charge on any atom is 0.352 e. The molecule has 5 N–H and O–H groups in total. The molecule has 3 amide bonds. The van der Waals surface area contributed by atoms with Gasteiger partial charge in [0.15, 0.2) is 4.34 Å². The Labute approximate surface area is 217 Å². The van der Waals surface area contributed by atoms with Gasteiger partial charge in [0.1, 0.15) is 41.1 Å². The SMILES string of the molecule is NC(=O)COCc1nnc(SCC2=C(C(=O)O)N3C(=O)C(NC(=O)Cc4ccccc4O)[C@H]3SC2)s1. The summed E-state index contributed by atoms with van der Waals surface area (Å²) in [6.07, 6.45) is -0.102. The van der Waals surface area contributed by atoms with Crippen molar-refractivity contribution in [3.63, 3.8) is 0 Å². The first-order chi connectivity index (χ1) is 17.2. The molecular weight excluding hydrogens is 530 g/mol. The number of β-lactam (4-membered cyclic amide) rings is 1. The van der Waals surface area contributed by atoms with E-state index in [4.69, 9.17) is 10.5 Å². The van der Waals surface area contributed by atoms with E-state index >= 15 is 0 Å². The Morgan fingerprint density at radius 3 is 2.78 bits per heavy atom. The normalized spacial score (nSPS) is 19.0. The summed E-state index contributed by atoms with van der Waals surface area (Å²) in [6.45, 7) is -0.142. The van der Waals surface area contributed by atoms with Gasteiger partial charge < -0.3 is 26.0 Å². The Hall–Kier alpha value is -3.14. The summed E-state index contributed by atoms with van der Waals surface area (Å²) in [6, 6.07) is 5.58. The highest BCUT2D eigenvalue weighted by Gasteiger charge is 2.54. The van der Waals surface area contributed by atoms with E-state index in [0.717, 1.165) is 0 Å². The Morgan fingerprint density at radius 1 is 1.28 bits per heavy atom. The highest BCUT2D eigenvalue weighted by molar-refractivity contribution is 8.01. The molecule has 1 aromatic heterocycles. The molecule has 1 aromatic carbocycles. The summed E-state index contributed by atoms with van der Waals surface area (Å²) in [5.74, 6) is -2.12. The fraction of sp³-hybridized carbons (Fsp3) is 0.333. The van der Waals surface area contributed by atoms with E-state index in [1.807, 2.05) is 0 Å². The number of hydrogen-bond acceptors (Lipinski definition) is 11. The molecule has 1 saturated heterocycles. The van der Waals surface area contributed by atoms with Gasteiger partial charge in [-0.3, -0.25) is 19.3 Å². The van der Waals surface area contributed by atoms with Crippen molar-refractivity contribution >= 4 is 58.6 Å². The number of ether oxygens (including phenoxy) is 1. The van der Waals surface area contributed by atoms with Gasteiger partial charge in [0.2, 0.25) is 11.8 Å². The number of nitrogens with one attached hydrogen (secondary N) is 1. The standard InChI is InChI=1S/C21H21N5O7S3/c22-13(28)6-33-7-15-24-25-21(36-15)35-9-11-8-34-19-16(18(30)26(19)17(11)20(31)32)23-14(29)5-10-3-1-2-4-12(10)27/h1-4,16,19,27H,5-9H2,(H2,22,28)(H,23,29)(H,31,32)/t16?,19-/m1/s1. The molecule has 0 radical (unpaired) electrons. The molecule has 0 spiro atoms. The second-order valence-corrected chi connectivity index (χ2v) is 11.1. The number of primary amides is 1. The number of fused-ring (bicyclic) bond motifs is 1. The molecule has 2 aromatic rings. The summed E-state index contributed by atoms with van der Waals surface area (Å²) in [5, 5.41) is 30.4. The molecule has 15 heteroatoms. The smallest absolute Gasteiger partial charge is 0.352 e. The van der Waals surface area contributed by atoms with Gasteiger partial charge in [-0.15, -0.1) is 22.0 Å². The number of carboxylic acids is 1. The van der Waals surface area contributed by atoms with Crippen LogP contribution in [0.3, 0.4) is 0 Å². The van der Waals surface area contributed by atoms with E-state index in [9.17, 15) is 29.4 Å². The molecule has 0 bridgehead atoms. The maximum absolute atomic E-state index is 12.8. The first kappa shape index (κ1) is 25.9.